The molecule has 0 radical (unpaired) electrons. The normalized spacial score (nSPS) is 16.7. The number of aryl methyl sites for hydroxylation is 1. The van der Waals surface area contributed by atoms with Gasteiger partial charge in [0.15, 0.2) is 16.6 Å². The SMILES string of the molecule is CCOc1ccc2nc(N3C(=O)C(=O)C(=C(O)c4ccc(C)cc4)[C@@H]3c3cccc(OC)c3OC)sc2c1. The number of aliphatic hydroxyl groups excluding tert-OH is 1. The second-order valence-electron chi connectivity index (χ2n) is 8.68. The number of ether oxygens (including phenoxy) is 3. The molecular weight excluding hydrogens is 504 g/mol. The Kier molecular flexibility index (Phi) is 6.77. The van der Waals surface area contributed by atoms with Crippen LogP contribution in [0.3, 0.4) is 0 Å². The van der Waals surface area contributed by atoms with Gasteiger partial charge >= 0.3 is 5.91 Å². The van der Waals surface area contributed by atoms with Gasteiger partial charge in [-0.25, -0.2) is 4.98 Å². The lowest BCUT2D eigenvalue weighted by Gasteiger charge is -2.25. The Balaban J connectivity index is 1.75. The number of anilines is 1. The number of hydrogen-bond acceptors (Lipinski definition) is 8. The van der Waals surface area contributed by atoms with Crippen molar-refractivity contribution in [2.45, 2.75) is 19.9 Å². The first-order chi connectivity index (χ1) is 18.4. The molecule has 8 nitrogen and oxygen atoms in total. The Hall–Kier alpha value is -4.37. The number of benzene rings is 3. The highest BCUT2D eigenvalue weighted by Crippen LogP contribution is 2.48. The Morgan fingerprint density at radius 1 is 1.05 bits per heavy atom. The molecule has 1 atom stereocenters. The van der Waals surface area contributed by atoms with Crippen molar-refractivity contribution in [1.82, 2.24) is 4.98 Å². The summed E-state index contributed by atoms with van der Waals surface area (Å²) in [6.07, 6.45) is 0. The second-order valence-corrected chi connectivity index (χ2v) is 9.69. The second kappa shape index (κ2) is 10.2. The molecule has 3 aromatic carbocycles. The third kappa shape index (κ3) is 4.24. The molecule has 0 aliphatic carbocycles. The average Bonchev–Trinajstić information content (AvgIpc) is 3.45. The first-order valence-corrected chi connectivity index (χ1v) is 12.8. The van der Waals surface area contributed by atoms with Gasteiger partial charge < -0.3 is 19.3 Å². The highest BCUT2D eigenvalue weighted by molar-refractivity contribution is 7.22. The van der Waals surface area contributed by atoms with Crippen molar-refractivity contribution in [2.24, 2.45) is 0 Å². The molecule has 2 heterocycles. The van der Waals surface area contributed by atoms with Crippen molar-refractivity contribution in [3.8, 4) is 17.2 Å². The molecular formula is C29H26N2O6S. The lowest BCUT2D eigenvalue weighted by atomic mass is 9.94. The molecule has 0 saturated carbocycles. The molecule has 1 aromatic heterocycles. The van der Waals surface area contributed by atoms with Gasteiger partial charge in [0, 0.05) is 11.1 Å². The van der Waals surface area contributed by atoms with Crippen molar-refractivity contribution >= 4 is 44.1 Å². The fourth-order valence-electron chi connectivity index (χ4n) is 4.57. The van der Waals surface area contributed by atoms with E-state index in [0.717, 1.165) is 10.3 Å². The lowest BCUT2D eigenvalue weighted by molar-refractivity contribution is -0.132. The molecule has 0 bridgehead atoms. The summed E-state index contributed by atoms with van der Waals surface area (Å²) in [5.74, 6) is -0.425. The molecule has 0 spiro atoms. The van der Waals surface area contributed by atoms with Gasteiger partial charge in [-0.15, -0.1) is 0 Å². The number of ketones is 1. The van der Waals surface area contributed by atoms with Crippen LogP contribution in [0.15, 0.2) is 66.2 Å². The zero-order valence-corrected chi connectivity index (χ0v) is 22.2. The molecule has 38 heavy (non-hydrogen) atoms. The molecule has 1 aliphatic heterocycles. The van der Waals surface area contributed by atoms with Crippen molar-refractivity contribution < 1.29 is 28.9 Å². The number of Topliss-reactive ketones (excluding diaryl/α,β-unsaturated/α-hetero) is 1. The fraction of sp³-hybridized carbons (Fsp3) is 0.207. The largest absolute Gasteiger partial charge is 0.507 e. The number of hydrogen-bond donors (Lipinski definition) is 1. The van der Waals surface area contributed by atoms with E-state index in [1.807, 2.05) is 44.2 Å². The van der Waals surface area contributed by atoms with E-state index in [0.29, 0.717) is 45.6 Å². The Bertz CT molecular complexity index is 1570. The molecule has 0 unspecified atom stereocenters. The third-order valence-electron chi connectivity index (χ3n) is 6.36. The van der Waals surface area contributed by atoms with Gasteiger partial charge in [-0.1, -0.05) is 53.3 Å². The molecule has 1 amide bonds. The molecule has 1 fully saturated rings. The van der Waals surface area contributed by atoms with E-state index < -0.39 is 17.7 Å². The van der Waals surface area contributed by atoms with Crippen molar-refractivity contribution in [2.75, 3.05) is 25.7 Å². The number of carbonyl (C=O) groups excluding carboxylic acids is 2. The molecule has 5 rings (SSSR count). The summed E-state index contributed by atoms with van der Waals surface area (Å²) in [5.41, 5.74) is 2.50. The smallest absolute Gasteiger partial charge is 0.301 e. The summed E-state index contributed by atoms with van der Waals surface area (Å²) in [6.45, 7) is 4.34. The van der Waals surface area contributed by atoms with Gasteiger partial charge in [0.05, 0.1) is 36.6 Å². The summed E-state index contributed by atoms with van der Waals surface area (Å²) in [5, 5.41) is 11.7. The quantitative estimate of drug-likeness (QED) is 0.187. The number of carbonyl (C=O) groups is 2. The van der Waals surface area contributed by atoms with Crippen LogP contribution in [0, 0.1) is 6.92 Å². The van der Waals surface area contributed by atoms with E-state index in [9.17, 15) is 14.7 Å². The number of nitrogens with zero attached hydrogens (tertiary/aromatic N) is 2. The van der Waals surface area contributed by atoms with Crippen molar-refractivity contribution in [1.29, 1.82) is 0 Å². The number of methoxy groups -OCH3 is 2. The molecule has 1 aliphatic rings. The van der Waals surface area contributed by atoms with Crippen LogP contribution < -0.4 is 19.1 Å². The number of para-hydroxylation sites is 1. The number of aromatic nitrogens is 1. The minimum absolute atomic E-state index is 0.0559. The lowest BCUT2D eigenvalue weighted by Crippen LogP contribution is -2.29. The Morgan fingerprint density at radius 2 is 1.82 bits per heavy atom. The van der Waals surface area contributed by atoms with Crippen LogP contribution >= 0.6 is 11.3 Å². The molecule has 194 valence electrons. The summed E-state index contributed by atoms with van der Waals surface area (Å²) in [4.78, 5) is 33.1. The summed E-state index contributed by atoms with van der Waals surface area (Å²) in [6, 6.07) is 16.8. The van der Waals surface area contributed by atoms with Crippen LogP contribution in [0.5, 0.6) is 17.2 Å². The van der Waals surface area contributed by atoms with Gasteiger partial charge in [0.2, 0.25) is 0 Å². The van der Waals surface area contributed by atoms with Gasteiger partial charge in [-0.05, 0) is 38.1 Å². The van der Waals surface area contributed by atoms with E-state index >= 15 is 0 Å². The fourth-order valence-corrected chi connectivity index (χ4v) is 5.59. The minimum Gasteiger partial charge on any atom is -0.507 e. The minimum atomic E-state index is -1.01. The molecule has 1 N–H and O–H groups in total. The first-order valence-electron chi connectivity index (χ1n) is 12.0. The van der Waals surface area contributed by atoms with E-state index in [1.165, 1.54) is 30.5 Å². The predicted octanol–water partition coefficient (Wildman–Crippen LogP) is 5.65. The highest BCUT2D eigenvalue weighted by atomic mass is 32.1. The van der Waals surface area contributed by atoms with Gasteiger partial charge in [-0.3, -0.25) is 14.5 Å². The maximum Gasteiger partial charge on any atom is 0.301 e. The summed E-state index contributed by atoms with van der Waals surface area (Å²) >= 11 is 1.26. The molecule has 4 aromatic rings. The van der Waals surface area contributed by atoms with Gasteiger partial charge in [0.1, 0.15) is 17.6 Å². The number of amides is 1. The zero-order valence-electron chi connectivity index (χ0n) is 21.3. The molecule has 9 heteroatoms. The van der Waals surface area contributed by atoms with Crippen molar-refractivity contribution in [3.63, 3.8) is 0 Å². The average molecular weight is 531 g/mol. The van der Waals surface area contributed by atoms with Crippen LogP contribution in [0.1, 0.15) is 29.7 Å². The zero-order chi connectivity index (χ0) is 27.0. The summed E-state index contributed by atoms with van der Waals surface area (Å²) in [7, 11) is 2.99. The topological polar surface area (TPSA) is 98.2 Å². The van der Waals surface area contributed by atoms with Crippen LogP contribution in [-0.2, 0) is 9.59 Å². The number of thiazole rings is 1. The molecule has 1 saturated heterocycles. The number of fused-ring (bicyclic) bond motifs is 1. The van der Waals surface area contributed by atoms with E-state index in [2.05, 4.69) is 4.98 Å². The van der Waals surface area contributed by atoms with Gasteiger partial charge in [-0.2, -0.15) is 0 Å². The Morgan fingerprint density at radius 3 is 2.50 bits per heavy atom. The van der Waals surface area contributed by atoms with E-state index in [-0.39, 0.29) is 11.3 Å². The maximum absolute atomic E-state index is 13.6. The Labute approximate surface area is 223 Å². The van der Waals surface area contributed by atoms with Crippen LogP contribution in [0.4, 0.5) is 5.13 Å². The standard InChI is InChI=1S/C29H26N2O6S/c1-5-37-18-13-14-20-22(15-18)38-29(30-20)31-24(19-7-6-8-21(35-3)27(19)36-4)23(26(33)28(31)34)25(32)17-11-9-16(2)10-12-17/h6-15,24,32H,5H2,1-4H3/t24-/m0/s1. The summed E-state index contributed by atoms with van der Waals surface area (Å²) < 4.78 is 17.6. The van der Waals surface area contributed by atoms with E-state index in [1.54, 1.807) is 30.3 Å². The monoisotopic (exact) mass is 530 g/mol. The number of rotatable bonds is 7. The van der Waals surface area contributed by atoms with Crippen LogP contribution in [0.25, 0.3) is 16.0 Å². The number of aliphatic hydroxyl groups is 1. The van der Waals surface area contributed by atoms with Gasteiger partial charge in [0.25, 0.3) is 5.78 Å². The maximum atomic E-state index is 13.6. The predicted molar refractivity (Wildman–Crippen MR) is 146 cm³/mol. The first kappa shape index (κ1) is 25.3. The van der Waals surface area contributed by atoms with E-state index in [4.69, 9.17) is 14.2 Å². The van der Waals surface area contributed by atoms with Crippen LogP contribution in [0.2, 0.25) is 0 Å². The third-order valence-corrected chi connectivity index (χ3v) is 7.38. The van der Waals surface area contributed by atoms with Crippen molar-refractivity contribution in [3.05, 3.63) is 82.9 Å². The van der Waals surface area contributed by atoms with Crippen LogP contribution in [-0.4, -0.2) is 42.6 Å². The highest BCUT2D eigenvalue weighted by Gasteiger charge is 2.49.